The van der Waals surface area contributed by atoms with Crippen LogP contribution in [0.25, 0.3) is 0 Å². The SMILES string of the molecule is Cc1ccc(CN2CC3(C[C@H](OCc4ccccn4)CCO3)C2)o1. The van der Waals surface area contributed by atoms with E-state index in [2.05, 4.69) is 16.0 Å². The molecule has 2 aliphatic rings. The molecule has 2 aromatic heterocycles. The highest BCUT2D eigenvalue weighted by Crippen LogP contribution is 2.36. The second kappa shape index (κ2) is 6.67. The molecule has 1 atom stereocenters. The van der Waals surface area contributed by atoms with Crippen molar-refractivity contribution >= 4 is 0 Å². The summed E-state index contributed by atoms with van der Waals surface area (Å²) in [5.41, 5.74) is 0.954. The van der Waals surface area contributed by atoms with Gasteiger partial charge in [0.1, 0.15) is 11.5 Å². The van der Waals surface area contributed by atoms with Crippen molar-refractivity contribution in [1.29, 1.82) is 0 Å². The Morgan fingerprint density at radius 2 is 2.21 bits per heavy atom. The predicted octanol–water partition coefficient (Wildman–Crippen LogP) is 2.93. The van der Waals surface area contributed by atoms with Gasteiger partial charge in [-0.15, -0.1) is 0 Å². The maximum Gasteiger partial charge on any atom is 0.118 e. The summed E-state index contributed by atoms with van der Waals surface area (Å²) in [7, 11) is 0. The molecule has 1 spiro atoms. The Bertz CT molecular complexity index is 664. The number of likely N-dealkylation sites (tertiary alicyclic amines) is 1. The van der Waals surface area contributed by atoms with Gasteiger partial charge in [0.25, 0.3) is 0 Å². The molecule has 2 fully saturated rings. The van der Waals surface area contributed by atoms with Gasteiger partial charge in [-0.3, -0.25) is 9.88 Å². The second-order valence-electron chi connectivity index (χ2n) is 6.94. The number of furan rings is 1. The van der Waals surface area contributed by atoms with Crippen LogP contribution in [0.2, 0.25) is 0 Å². The minimum Gasteiger partial charge on any atom is -0.465 e. The summed E-state index contributed by atoms with van der Waals surface area (Å²) in [6.45, 7) is 6.11. The molecule has 0 bridgehead atoms. The number of aryl methyl sites for hydroxylation is 1. The first kappa shape index (κ1) is 15.8. The Labute approximate surface area is 142 Å². The van der Waals surface area contributed by atoms with Crippen LogP contribution in [-0.4, -0.2) is 41.3 Å². The molecule has 0 unspecified atom stereocenters. The van der Waals surface area contributed by atoms with Gasteiger partial charge in [0.2, 0.25) is 0 Å². The third-order valence-electron chi connectivity index (χ3n) is 4.84. The van der Waals surface area contributed by atoms with E-state index in [1.807, 2.05) is 37.4 Å². The topological polar surface area (TPSA) is 47.7 Å². The molecule has 4 rings (SSSR count). The quantitative estimate of drug-likeness (QED) is 0.844. The van der Waals surface area contributed by atoms with Crippen LogP contribution >= 0.6 is 0 Å². The van der Waals surface area contributed by atoms with Crippen LogP contribution in [0, 0.1) is 6.92 Å². The number of rotatable bonds is 5. The molecule has 0 saturated carbocycles. The molecule has 0 radical (unpaired) electrons. The third-order valence-corrected chi connectivity index (χ3v) is 4.84. The van der Waals surface area contributed by atoms with Gasteiger partial charge in [-0.1, -0.05) is 6.07 Å². The predicted molar refractivity (Wildman–Crippen MR) is 89.5 cm³/mol. The van der Waals surface area contributed by atoms with Gasteiger partial charge in [0, 0.05) is 32.3 Å². The molecule has 0 amide bonds. The van der Waals surface area contributed by atoms with E-state index in [1.165, 1.54) is 0 Å². The highest BCUT2D eigenvalue weighted by molar-refractivity contribution is 5.08. The van der Waals surface area contributed by atoms with Crippen molar-refractivity contribution in [2.45, 2.75) is 44.6 Å². The highest BCUT2D eigenvalue weighted by Gasteiger charge is 2.47. The average Bonchev–Trinajstić information content (AvgIpc) is 2.98. The molecular formula is C19H24N2O3. The Morgan fingerprint density at radius 3 is 2.96 bits per heavy atom. The Morgan fingerprint density at radius 1 is 1.29 bits per heavy atom. The van der Waals surface area contributed by atoms with Gasteiger partial charge in [0.15, 0.2) is 0 Å². The van der Waals surface area contributed by atoms with E-state index in [0.29, 0.717) is 6.61 Å². The van der Waals surface area contributed by atoms with Crippen LogP contribution in [0.5, 0.6) is 0 Å². The molecular weight excluding hydrogens is 304 g/mol. The first-order valence-electron chi connectivity index (χ1n) is 8.64. The van der Waals surface area contributed by atoms with E-state index in [0.717, 1.165) is 56.3 Å². The van der Waals surface area contributed by atoms with Crippen LogP contribution in [-0.2, 0) is 22.6 Å². The molecule has 2 aliphatic heterocycles. The van der Waals surface area contributed by atoms with Crippen molar-refractivity contribution < 1.29 is 13.9 Å². The fraction of sp³-hybridized carbons (Fsp3) is 0.526. The largest absolute Gasteiger partial charge is 0.465 e. The fourth-order valence-electron chi connectivity index (χ4n) is 3.70. The van der Waals surface area contributed by atoms with E-state index >= 15 is 0 Å². The number of hydrogen-bond acceptors (Lipinski definition) is 5. The van der Waals surface area contributed by atoms with Crippen molar-refractivity contribution in [3.8, 4) is 0 Å². The van der Waals surface area contributed by atoms with Gasteiger partial charge in [-0.25, -0.2) is 0 Å². The summed E-state index contributed by atoms with van der Waals surface area (Å²) < 4.78 is 17.8. The zero-order valence-corrected chi connectivity index (χ0v) is 14.1. The van der Waals surface area contributed by atoms with Crippen LogP contribution < -0.4 is 0 Å². The first-order valence-corrected chi connectivity index (χ1v) is 8.64. The molecule has 0 aromatic carbocycles. The van der Waals surface area contributed by atoms with E-state index in [4.69, 9.17) is 13.9 Å². The minimum atomic E-state index is -0.0331. The van der Waals surface area contributed by atoms with Gasteiger partial charge >= 0.3 is 0 Å². The molecule has 5 nitrogen and oxygen atoms in total. The normalized spacial score (nSPS) is 23.3. The van der Waals surface area contributed by atoms with Crippen molar-refractivity contribution in [3.63, 3.8) is 0 Å². The molecule has 128 valence electrons. The summed E-state index contributed by atoms with van der Waals surface area (Å²) in [5, 5.41) is 0. The van der Waals surface area contributed by atoms with Gasteiger partial charge in [-0.2, -0.15) is 0 Å². The van der Waals surface area contributed by atoms with Crippen molar-refractivity contribution in [3.05, 3.63) is 53.7 Å². The van der Waals surface area contributed by atoms with Crippen molar-refractivity contribution in [2.75, 3.05) is 19.7 Å². The van der Waals surface area contributed by atoms with Crippen molar-refractivity contribution in [2.24, 2.45) is 0 Å². The standard InChI is InChI=1S/C19H24N2O3/c1-15-5-6-18(24-15)11-21-13-19(14-21)10-17(7-9-23-19)22-12-16-4-2-3-8-20-16/h2-6,8,17H,7,9-14H2,1H3/t17-/m1/s1. The Balaban J connectivity index is 1.26. The monoisotopic (exact) mass is 328 g/mol. The number of hydrogen-bond donors (Lipinski definition) is 0. The molecule has 5 heteroatoms. The lowest BCUT2D eigenvalue weighted by Crippen LogP contribution is -2.65. The van der Waals surface area contributed by atoms with Gasteiger partial charge in [0.05, 0.1) is 30.6 Å². The lowest BCUT2D eigenvalue weighted by Gasteiger charge is -2.53. The van der Waals surface area contributed by atoms with E-state index in [1.54, 1.807) is 0 Å². The van der Waals surface area contributed by atoms with E-state index in [9.17, 15) is 0 Å². The summed E-state index contributed by atoms with van der Waals surface area (Å²) in [6, 6.07) is 10.0. The zero-order chi connectivity index (χ0) is 16.4. The van der Waals surface area contributed by atoms with Gasteiger partial charge < -0.3 is 13.9 Å². The molecule has 2 saturated heterocycles. The van der Waals surface area contributed by atoms with Crippen LogP contribution in [0.15, 0.2) is 40.9 Å². The number of nitrogens with zero attached hydrogens (tertiary/aromatic N) is 2. The van der Waals surface area contributed by atoms with Crippen LogP contribution in [0.4, 0.5) is 0 Å². The molecule has 2 aromatic rings. The molecule has 0 aliphatic carbocycles. The van der Waals surface area contributed by atoms with Crippen LogP contribution in [0.3, 0.4) is 0 Å². The number of pyridine rings is 1. The Kier molecular flexibility index (Phi) is 4.39. The van der Waals surface area contributed by atoms with Gasteiger partial charge in [-0.05, 0) is 37.6 Å². The maximum absolute atomic E-state index is 6.09. The minimum absolute atomic E-state index is 0.0331. The molecule has 4 heterocycles. The Hall–Kier alpha value is -1.69. The van der Waals surface area contributed by atoms with E-state index in [-0.39, 0.29) is 11.7 Å². The fourth-order valence-corrected chi connectivity index (χ4v) is 3.70. The highest BCUT2D eigenvalue weighted by atomic mass is 16.5. The average molecular weight is 328 g/mol. The zero-order valence-electron chi connectivity index (χ0n) is 14.1. The maximum atomic E-state index is 6.09. The van der Waals surface area contributed by atoms with E-state index < -0.39 is 0 Å². The second-order valence-corrected chi connectivity index (χ2v) is 6.94. The number of ether oxygens (including phenoxy) is 2. The summed E-state index contributed by atoms with van der Waals surface area (Å²) in [5.74, 6) is 2.00. The van der Waals surface area contributed by atoms with Crippen molar-refractivity contribution in [1.82, 2.24) is 9.88 Å². The molecule has 0 N–H and O–H groups in total. The summed E-state index contributed by atoms with van der Waals surface area (Å²) in [6.07, 6.45) is 4.00. The summed E-state index contributed by atoms with van der Waals surface area (Å²) in [4.78, 5) is 6.69. The smallest absolute Gasteiger partial charge is 0.118 e. The third kappa shape index (κ3) is 3.53. The summed E-state index contributed by atoms with van der Waals surface area (Å²) >= 11 is 0. The number of aromatic nitrogens is 1. The van der Waals surface area contributed by atoms with Crippen LogP contribution in [0.1, 0.15) is 30.1 Å². The molecule has 24 heavy (non-hydrogen) atoms. The first-order chi connectivity index (χ1) is 11.7. The lowest BCUT2D eigenvalue weighted by molar-refractivity contribution is -0.201. The lowest BCUT2D eigenvalue weighted by atomic mass is 9.84.